The molecule has 3 amide bonds. The Morgan fingerprint density at radius 3 is 2.55 bits per heavy atom. The second-order valence-electron chi connectivity index (χ2n) is 6.33. The molecule has 0 spiro atoms. The molecule has 10 nitrogen and oxygen atoms in total. The van der Waals surface area contributed by atoms with Crippen LogP contribution in [-0.4, -0.2) is 64.8 Å². The summed E-state index contributed by atoms with van der Waals surface area (Å²) < 4.78 is 10.7. The lowest BCUT2D eigenvalue weighted by Gasteiger charge is -2.16. The fraction of sp³-hybridized carbons (Fsp3) is 0.316. The van der Waals surface area contributed by atoms with Crippen molar-refractivity contribution in [3.05, 3.63) is 28.7 Å². The van der Waals surface area contributed by atoms with E-state index in [2.05, 4.69) is 5.32 Å². The molecule has 166 valence electrons. The van der Waals surface area contributed by atoms with E-state index in [-0.39, 0.29) is 23.2 Å². The molecule has 0 aromatic heterocycles. The molecule has 1 unspecified atom stereocenters. The summed E-state index contributed by atoms with van der Waals surface area (Å²) in [5, 5.41) is 11.3. The number of thioether (sulfide) groups is 1. The fourth-order valence-electron chi connectivity index (χ4n) is 2.67. The van der Waals surface area contributed by atoms with Gasteiger partial charge in [0.15, 0.2) is 11.5 Å². The Hall–Kier alpha value is -3.12. The van der Waals surface area contributed by atoms with Gasteiger partial charge in [0.2, 0.25) is 11.8 Å². The highest BCUT2D eigenvalue weighted by molar-refractivity contribution is 8.26. The van der Waals surface area contributed by atoms with Crippen molar-refractivity contribution in [2.75, 3.05) is 20.8 Å². The predicted molar refractivity (Wildman–Crippen MR) is 117 cm³/mol. The SMILES string of the molecule is COc1ccc(C=C2SC(=S)N(CCC(=O)NC(CC(N)=O)C(=O)O)C2=O)cc1OC. The van der Waals surface area contributed by atoms with E-state index in [9.17, 15) is 19.2 Å². The van der Waals surface area contributed by atoms with Gasteiger partial charge in [0.1, 0.15) is 10.4 Å². The average Bonchev–Trinajstić information content (AvgIpc) is 2.97. The van der Waals surface area contributed by atoms with Gasteiger partial charge in [0.05, 0.1) is 25.5 Å². The van der Waals surface area contributed by atoms with E-state index in [4.69, 9.17) is 32.5 Å². The Bertz CT molecular complexity index is 948. The first kappa shape index (κ1) is 24.2. The van der Waals surface area contributed by atoms with Crippen LogP contribution in [0.2, 0.25) is 0 Å². The summed E-state index contributed by atoms with van der Waals surface area (Å²) in [5.74, 6) is -2.20. The lowest BCUT2D eigenvalue weighted by Crippen LogP contribution is -2.44. The van der Waals surface area contributed by atoms with Gasteiger partial charge < -0.3 is 25.6 Å². The number of rotatable bonds is 10. The molecule has 1 saturated heterocycles. The topological polar surface area (TPSA) is 148 Å². The number of hydrogen-bond acceptors (Lipinski definition) is 8. The molecular weight excluding hydrogens is 446 g/mol. The number of carbonyl (C=O) groups is 4. The van der Waals surface area contributed by atoms with Gasteiger partial charge in [-0.05, 0) is 23.8 Å². The number of thiocarbonyl (C=S) groups is 1. The lowest BCUT2D eigenvalue weighted by atomic mass is 10.2. The third-order valence-corrected chi connectivity index (χ3v) is 5.56. The monoisotopic (exact) mass is 467 g/mol. The fourth-order valence-corrected chi connectivity index (χ4v) is 3.98. The maximum Gasteiger partial charge on any atom is 0.326 e. The molecule has 2 rings (SSSR count). The predicted octanol–water partition coefficient (Wildman–Crippen LogP) is 0.740. The third-order valence-electron chi connectivity index (χ3n) is 4.18. The zero-order chi connectivity index (χ0) is 23.1. The van der Waals surface area contributed by atoms with Crippen LogP contribution in [0, 0.1) is 0 Å². The Kier molecular flexibility index (Phi) is 8.39. The molecule has 0 bridgehead atoms. The Morgan fingerprint density at radius 2 is 1.97 bits per heavy atom. The molecule has 1 aliphatic rings. The highest BCUT2D eigenvalue weighted by Crippen LogP contribution is 2.34. The van der Waals surface area contributed by atoms with Gasteiger partial charge in [-0.2, -0.15) is 0 Å². The zero-order valence-electron chi connectivity index (χ0n) is 16.7. The second-order valence-corrected chi connectivity index (χ2v) is 8.00. The van der Waals surface area contributed by atoms with Gasteiger partial charge in [0.25, 0.3) is 5.91 Å². The van der Waals surface area contributed by atoms with Crippen molar-refractivity contribution >= 4 is 58.1 Å². The molecule has 1 heterocycles. The summed E-state index contributed by atoms with van der Waals surface area (Å²) in [6.45, 7) is -0.0390. The van der Waals surface area contributed by atoms with Gasteiger partial charge in [-0.15, -0.1) is 0 Å². The maximum absolute atomic E-state index is 12.7. The van der Waals surface area contributed by atoms with Crippen molar-refractivity contribution in [1.29, 1.82) is 0 Å². The van der Waals surface area contributed by atoms with Gasteiger partial charge in [0, 0.05) is 13.0 Å². The van der Waals surface area contributed by atoms with E-state index in [1.807, 2.05) is 0 Å². The van der Waals surface area contributed by atoms with Crippen LogP contribution in [0.4, 0.5) is 0 Å². The minimum absolute atomic E-state index is 0.0390. The zero-order valence-corrected chi connectivity index (χ0v) is 18.4. The molecule has 1 aromatic rings. The van der Waals surface area contributed by atoms with Crippen LogP contribution in [0.5, 0.6) is 11.5 Å². The number of carbonyl (C=O) groups excluding carboxylic acids is 3. The molecule has 1 aromatic carbocycles. The number of ether oxygens (including phenoxy) is 2. The number of amides is 3. The van der Waals surface area contributed by atoms with Crippen LogP contribution in [-0.2, 0) is 19.2 Å². The molecule has 1 aliphatic heterocycles. The average molecular weight is 468 g/mol. The number of hydrogen-bond donors (Lipinski definition) is 3. The number of methoxy groups -OCH3 is 2. The van der Waals surface area contributed by atoms with Crippen LogP contribution in [0.3, 0.4) is 0 Å². The van der Waals surface area contributed by atoms with E-state index in [0.29, 0.717) is 22.0 Å². The number of primary amides is 1. The first-order valence-electron chi connectivity index (χ1n) is 8.94. The maximum atomic E-state index is 12.7. The van der Waals surface area contributed by atoms with Crippen molar-refractivity contribution in [2.45, 2.75) is 18.9 Å². The van der Waals surface area contributed by atoms with E-state index >= 15 is 0 Å². The number of carboxylic acid groups (broad SMARTS) is 1. The minimum Gasteiger partial charge on any atom is -0.493 e. The number of aliphatic carboxylic acids is 1. The first-order chi connectivity index (χ1) is 14.7. The summed E-state index contributed by atoms with van der Waals surface area (Å²) in [4.78, 5) is 48.4. The molecule has 12 heteroatoms. The summed E-state index contributed by atoms with van der Waals surface area (Å²) in [5.41, 5.74) is 5.68. The minimum atomic E-state index is -1.43. The van der Waals surface area contributed by atoms with Crippen molar-refractivity contribution in [3.63, 3.8) is 0 Å². The summed E-state index contributed by atoms with van der Waals surface area (Å²) in [6, 6.07) is 3.75. The smallest absolute Gasteiger partial charge is 0.326 e. The van der Waals surface area contributed by atoms with E-state index in [1.54, 1.807) is 24.3 Å². The van der Waals surface area contributed by atoms with Gasteiger partial charge in [-0.1, -0.05) is 30.0 Å². The number of benzene rings is 1. The van der Waals surface area contributed by atoms with Crippen LogP contribution in [0.15, 0.2) is 23.1 Å². The Labute approximate surface area is 187 Å². The van der Waals surface area contributed by atoms with Crippen LogP contribution in [0.25, 0.3) is 6.08 Å². The van der Waals surface area contributed by atoms with Crippen molar-refractivity contribution in [3.8, 4) is 11.5 Å². The highest BCUT2D eigenvalue weighted by atomic mass is 32.2. The number of carboxylic acids is 1. The number of nitrogens with zero attached hydrogens (tertiary/aromatic N) is 1. The normalized spacial score (nSPS) is 15.7. The van der Waals surface area contributed by atoms with Gasteiger partial charge in [-0.3, -0.25) is 19.3 Å². The molecule has 31 heavy (non-hydrogen) atoms. The highest BCUT2D eigenvalue weighted by Gasteiger charge is 2.32. The first-order valence-corrected chi connectivity index (χ1v) is 10.2. The van der Waals surface area contributed by atoms with Crippen LogP contribution < -0.4 is 20.5 Å². The number of nitrogens with two attached hydrogens (primary N) is 1. The van der Waals surface area contributed by atoms with E-state index < -0.39 is 30.2 Å². The molecule has 1 fully saturated rings. The van der Waals surface area contributed by atoms with Crippen molar-refractivity contribution in [1.82, 2.24) is 10.2 Å². The molecule has 0 saturated carbocycles. The van der Waals surface area contributed by atoms with Crippen LogP contribution in [0.1, 0.15) is 18.4 Å². The quantitative estimate of drug-likeness (QED) is 0.335. The van der Waals surface area contributed by atoms with Crippen LogP contribution >= 0.6 is 24.0 Å². The second kappa shape index (κ2) is 10.8. The van der Waals surface area contributed by atoms with E-state index in [0.717, 1.165) is 11.8 Å². The van der Waals surface area contributed by atoms with Gasteiger partial charge in [-0.25, -0.2) is 4.79 Å². The molecule has 0 radical (unpaired) electrons. The summed E-state index contributed by atoms with van der Waals surface area (Å²) in [6.07, 6.45) is 0.920. The molecule has 0 aliphatic carbocycles. The van der Waals surface area contributed by atoms with Crippen molar-refractivity contribution in [2.24, 2.45) is 5.73 Å². The Balaban J connectivity index is 2.03. The number of nitrogens with one attached hydrogen (secondary N) is 1. The Morgan fingerprint density at radius 1 is 1.29 bits per heavy atom. The van der Waals surface area contributed by atoms with E-state index in [1.165, 1.54) is 19.1 Å². The molecule has 1 atom stereocenters. The lowest BCUT2D eigenvalue weighted by molar-refractivity contribution is -0.143. The van der Waals surface area contributed by atoms with Crippen molar-refractivity contribution < 1.29 is 33.8 Å². The third kappa shape index (κ3) is 6.43. The molecule has 4 N–H and O–H groups in total. The largest absolute Gasteiger partial charge is 0.493 e. The summed E-state index contributed by atoms with van der Waals surface area (Å²) >= 11 is 6.32. The van der Waals surface area contributed by atoms with Gasteiger partial charge >= 0.3 is 5.97 Å². The standard InChI is InChI=1S/C19H21N3O7S2/c1-28-12-4-3-10(7-13(12)29-2)8-14-17(25)22(19(30)31-14)6-5-16(24)21-11(18(26)27)9-15(20)23/h3-4,7-8,11H,5-6,9H2,1-2H3,(H2,20,23)(H,21,24)(H,26,27). The molecular formula is C19H21N3O7S2. The summed E-state index contributed by atoms with van der Waals surface area (Å²) in [7, 11) is 3.02.